The van der Waals surface area contributed by atoms with Gasteiger partial charge in [0.15, 0.2) is 0 Å². The third-order valence-corrected chi connectivity index (χ3v) is 5.90. The zero-order chi connectivity index (χ0) is 21.3. The highest BCUT2D eigenvalue weighted by Crippen LogP contribution is 2.34. The molecule has 0 saturated carbocycles. The summed E-state index contributed by atoms with van der Waals surface area (Å²) in [5.74, 6) is -0.472. The molecule has 0 atom stereocenters. The average Bonchev–Trinajstić information content (AvgIpc) is 3.20. The lowest BCUT2D eigenvalue weighted by atomic mass is 10.1. The summed E-state index contributed by atoms with van der Waals surface area (Å²) < 4.78 is 1.83. The van der Waals surface area contributed by atoms with Gasteiger partial charge in [0.25, 0.3) is 11.1 Å². The summed E-state index contributed by atoms with van der Waals surface area (Å²) in [6.07, 6.45) is 3.54. The van der Waals surface area contributed by atoms with Crippen molar-refractivity contribution in [2.24, 2.45) is 0 Å². The van der Waals surface area contributed by atoms with Crippen molar-refractivity contribution in [1.29, 1.82) is 0 Å². The largest absolute Gasteiger partial charge is 0.337 e. The topological polar surface area (TPSA) is 71.4 Å². The maximum atomic E-state index is 12.6. The number of hydrogen-bond donors (Lipinski definition) is 1. The van der Waals surface area contributed by atoms with E-state index in [0.29, 0.717) is 22.2 Å². The van der Waals surface area contributed by atoms with Gasteiger partial charge in [-0.15, -0.1) is 0 Å². The lowest BCUT2D eigenvalue weighted by molar-refractivity contribution is -0.122. The number of rotatable bonds is 5. The zero-order valence-electron chi connectivity index (χ0n) is 16.1. The van der Waals surface area contributed by atoms with E-state index in [0.717, 1.165) is 28.2 Å². The van der Waals surface area contributed by atoms with Crippen molar-refractivity contribution < 1.29 is 14.4 Å². The second kappa shape index (κ2) is 8.38. The first-order chi connectivity index (χ1) is 14.5. The molecule has 30 heavy (non-hydrogen) atoms. The number of benzene rings is 2. The van der Waals surface area contributed by atoms with E-state index in [1.54, 1.807) is 37.3 Å². The van der Waals surface area contributed by atoms with E-state index in [9.17, 15) is 14.4 Å². The Morgan fingerprint density at radius 1 is 1.13 bits per heavy atom. The van der Waals surface area contributed by atoms with E-state index in [-0.39, 0.29) is 23.6 Å². The SMILES string of the molecule is CCN1C(=O)S/C(=C/c2cn(CC(=O)Nc3ccc(Cl)cc3)c3ccccc23)C1=O. The molecule has 1 aliphatic heterocycles. The van der Waals surface area contributed by atoms with Gasteiger partial charge in [-0.2, -0.15) is 0 Å². The van der Waals surface area contributed by atoms with Crippen LogP contribution in [0.1, 0.15) is 12.5 Å². The number of para-hydroxylation sites is 1. The monoisotopic (exact) mass is 439 g/mol. The van der Waals surface area contributed by atoms with Crippen LogP contribution in [0, 0.1) is 0 Å². The summed E-state index contributed by atoms with van der Waals surface area (Å²) in [5, 5.41) is 4.09. The second-order valence-corrected chi connectivity index (χ2v) is 8.14. The van der Waals surface area contributed by atoms with Crippen LogP contribution in [0.15, 0.2) is 59.6 Å². The van der Waals surface area contributed by atoms with Crippen LogP contribution in [0.2, 0.25) is 5.02 Å². The molecule has 3 aromatic rings. The van der Waals surface area contributed by atoms with E-state index in [1.165, 1.54) is 4.90 Å². The highest BCUT2D eigenvalue weighted by Gasteiger charge is 2.33. The van der Waals surface area contributed by atoms with Gasteiger partial charge >= 0.3 is 0 Å². The fourth-order valence-corrected chi connectivity index (χ4v) is 4.34. The highest BCUT2D eigenvalue weighted by molar-refractivity contribution is 8.18. The van der Waals surface area contributed by atoms with Crippen molar-refractivity contribution in [2.75, 3.05) is 11.9 Å². The van der Waals surface area contributed by atoms with Crippen LogP contribution in [0.5, 0.6) is 0 Å². The van der Waals surface area contributed by atoms with Gasteiger partial charge in [-0.25, -0.2) is 0 Å². The molecule has 152 valence electrons. The van der Waals surface area contributed by atoms with Gasteiger partial charge in [0, 0.05) is 39.9 Å². The third kappa shape index (κ3) is 3.99. The number of carbonyl (C=O) groups is 3. The number of likely N-dealkylation sites (N-methyl/N-ethyl adjacent to an activating group) is 1. The molecule has 4 rings (SSSR count). The molecular formula is C22H18ClN3O3S. The normalized spacial score (nSPS) is 15.4. The van der Waals surface area contributed by atoms with E-state index in [2.05, 4.69) is 5.32 Å². The molecule has 2 aromatic carbocycles. The van der Waals surface area contributed by atoms with Crippen LogP contribution in [0.4, 0.5) is 10.5 Å². The van der Waals surface area contributed by atoms with Gasteiger partial charge in [0.05, 0.1) is 4.91 Å². The number of amides is 3. The summed E-state index contributed by atoms with van der Waals surface area (Å²) in [4.78, 5) is 38.6. The lowest BCUT2D eigenvalue weighted by Gasteiger charge is -2.07. The van der Waals surface area contributed by atoms with E-state index in [4.69, 9.17) is 11.6 Å². The highest BCUT2D eigenvalue weighted by atomic mass is 35.5. The standard InChI is InChI=1S/C22H18ClN3O3S/c1-2-26-21(28)19(30-22(26)29)11-14-12-25(18-6-4-3-5-17(14)18)13-20(27)24-16-9-7-15(23)8-10-16/h3-12H,2,13H2,1H3,(H,24,27)/b19-11+. The van der Waals surface area contributed by atoms with Crippen LogP contribution in [0.25, 0.3) is 17.0 Å². The van der Waals surface area contributed by atoms with E-state index >= 15 is 0 Å². The summed E-state index contributed by atoms with van der Waals surface area (Å²) in [6.45, 7) is 2.21. The second-order valence-electron chi connectivity index (χ2n) is 6.71. The molecular weight excluding hydrogens is 422 g/mol. The number of carbonyl (C=O) groups excluding carboxylic acids is 3. The lowest BCUT2D eigenvalue weighted by Crippen LogP contribution is -2.27. The molecule has 1 N–H and O–H groups in total. The molecule has 1 aromatic heterocycles. The van der Waals surface area contributed by atoms with Crippen molar-refractivity contribution in [3.8, 4) is 0 Å². The number of nitrogens with one attached hydrogen (secondary N) is 1. The Labute approximate surface area is 182 Å². The maximum Gasteiger partial charge on any atom is 0.293 e. The Bertz CT molecular complexity index is 1180. The number of nitrogens with zero attached hydrogens (tertiary/aromatic N) is 2. The van der Waals surface area contributed by atoms with Gasteiger partial charge in [-0.05, 0) is 55.1 Å². The minimum Gasteiger partial charge on any atom is -0.337 e. The summed E-state index contributed by atoms with van der Waals surface area (Å²) in [5.41, 5.74) is 2.31. The molecule has 3 amide bonds. The average molecular weight is 440 g/mol. The fraction of sp³-hybridized carbons (Fsp3) is 0.136. The molecule has 6 nitrogen and oxygen atoms in total. The molecule has 0 radical (unpaired) electrons. The molecule has 1 saturated heterocycles. The minimum atomic E-state index is -0.287. The van der Waals surface area contributed by atoms with Crippen LogP contribution in [-0.2, 0) is 16.1 Å². The molecule has 0 aliphatic carbocycles. The smallest absolute Gasteiger partial charge is 0.293 e. The molecule has 1 fully saturated rings. The van der Waals surface area contributed by atoms with E-state index < -0.39 is 0 Å². The number of aromatic nitrogens is 1. The minimum absolute atomic E-state index is 0.105. The maximum absolute atomic E-state index is 12.6. The Hall–Kier alpha value is -3.03. The van der Waals surface area contributed by atoms with Crippen LogP contribution in [0.3, 0.4) is 0 Å². The number of hydrogen-bond acceptors (Lipinski definition) is 4. The number of halogens is 1. The molecule has 0 spiro atoms. The first-order valence-electron chi connectivity index (χ1n) is 9.35. The molecule has 8 heteroatoms. The number of anilines is 1. The van der Waals surface area contributed by atoms with Crippen molar-refractivity contribution in [2.45, 2.75) is 13.5 Å². The van der Waals surface area contributed by atoms with Crippen LogP contribution < -0.4 is 5.32 Å². The molecule has 0 bridgehead atoms. The predicted molar refractivity (Wildman–Crippen MR) is 120 cm³/mol. The van der Waals surface area contributed by atoms with Gasteiger partial charge in [-0.3, -0.25) is 19.3 Å². The predicted octanol–water partition coefficient (Wildman–Crippen LogP) is 4.99. The molecule has 0 unspecified atom stereocenters. The van der Waals surface area contributed by atoms with Crippen molar-refractivity contribution in [3.63, 3.8) is 0 Å². The fourth-order valence-electron chi connectivity index (χ4n) is 3.32. The zero-order valence-corrected chi connectivity index (χ0v) is 17.7. The first kappa shape index (κ1) is 20.3. The Morgan fingerprint density at radius 3 is 2.57 bits per heavy atom. The van der Waals surface area contributed by atoms with Crippen LogP contribution >= 0.6 is 23.4 Å². The summed E-state index contributed by atoms with van der Waals surface area (Å²) in [7, 11) is 0. The van der Waals surface area contributed by atoms with E-state index in [1.807, 2.05) is 35.0 Å². The Kier molecular flexibility index (Phi) is 5.65. The third-order valence-electron chi connectivity index (χ3n) is 4.74. The van der Waals surface area contributed by atoms with Gasteiger partial charge < -0.3 is 9.88 Å². The molecule has 2 heterocycles. The number of imide groups is 1. The number of thioether (sulfide) groups is 1. The van der Waals surface area contributed by atoms with Crippen molar-refractivity contribution >= 4 is 63.1 Å². The summed E-state index contributed by atoms with van der Waals surface area (Å²) >= 11 is 6.82. The number of fused-ring (bicyclic) bond motifs is 1. The summed E-state index contributed by atoms with van der Waals surface area (Å²) in [6, 6.07) is 14.5. The Balaban J connectivity index is 1.62. The first-order valence-corrected chi connectivity index (χ1v) is 10.5. The van der Waals surface area contributed by atoms with Gasteiger partial charge in [-0.1, -0.05) is 29.8 Å². The Morgan fingerprint density at radius 2 is 1.87 bits per heavy atom. The van der Waals surface area contributed by atoms with Gasteiger partial charge in [0.1, 0.15) is 6.54 Å². The van der Waals surface area contributed by atoms with Crippen molar-refractivity contribution in [1.82, 2.24) is 9.47 Å². The quantitative estimate of drug-likeness (QED) is 0.568. The molecule has 1 aliphatic rings. The van der Waals surface area contributed by atoms with Gasteiger partial charge in [0.2, 0.25) is 5.91 Å². The van der Waals surface area contributed by atoms with Crippen LogP contribution in [-0.4, -0.2) is 33.1 Å². The van der Waals surface area contributed by atoms with Crippen molar-refractivity contribution in [3.05, 3.63) is 70.2 Å².